The van der Waals surface area contributed by atoms with Gasteiger partial charge in [0, 0.05) is 35.6 Å². The lowest BCUT2D eigenvalue weighted by atomic mass is 10.2. The molecule has 0 spiro atoms. The van der Waals surface area contributed by atoms with Crippen LogP contribution in [-0.4, -0.2) is 42.7 Å². The van der Waals surface area contributed by atoms with Gasteiger partial charge in [0.1, 0.15) is 0 Å². The van der Waals surface area contributed by atoms with Gasteiger partial charge in [-0.3, -0.25) is 0 Å². The molecule has 0 heterocycles. The van der Waals surface area contributed by atoms with Crippen molar-refractivity contribution < 1.29 is 28.4 Å². The molecule has 0 radical (unpaired) electrons. The number of benzene rings is 2. The maximum atomic E-state index is 5.37. The summed E-state index contributed by atoms with van der Waals surface area (Å²) in [6.45, 7) is 0. The van der Waals surface area contributed by atoms with Crippen molar-refractivity contribution in [1.82, 2.24) is 0 Å². The third kappa shape index (κ3) is 3.76. The summed E-state index contributed by atoms with van der Waals surface area (Å²) in [6.07, 6.45) is 0. The van der Waals surface area contributed by atoms with E-state index in [1.54, 1.807) is 42.7 Å². The number of anilines is 2. The fraction of sp³-hybridized carbons (Fsp3) is 0.333. The minimum absolute atomic E-state index is 0.528. The van der Waals surface area contributed by atoms with Gasteiger partial charge in [0.25, 0.3) is 0 Å². The number of hydrogen-bond acceptors (Lipinski definition) is 7. The van der Waals surface area contributed by atoms with Gasteiger partial charge < -0.3 is 33.7 Å². The van der Waals surface area contributed by atoms with Crippen molar-refractivity contribution in [1.29, 1.82) is 0 Å². The van der Waals surface area contributed by atoms with Gasteiger partial charge >= 0.3 is 0 Å². The lowest BCUT2D eigenvalue weighted by Crippen LogP contribution is -2.00. The van der Waals surface area contributed by atoms with Crippen LogP contribution in [0.1, 0.15) is 0 Å². The zero-order chi connectivity index (χ0) is 18.4. The molecule has 136 valence electrons. The van der Waals surface area contributed by atoms with Crippen molar-refractivity contribution in [3.63, 3.8) is 0 Å². The maximum absolute atomic E-state index is 5.37. The van der Waals surface area contributed by atoms with Crippen LogP contribution in [0.2, 0.25) is 0 Å². The van der Waals surface area contributed by atoms with E-state index in [2.05, 4.69) is 5.32 Å². The largest absolute Gasteiger partial charge is 0.493 e. The van der Waals surface area contributed by atoms with E-state index in [0.29, 0.717) is 34.5 Å². The smallest absolute Gasteiger partial charge is 0.203 e. The summed E-state index contributed by atoms with van der Waals surface area (Å²) in [6, 6.07) is 7.24. The van der Waals surface area contributed by atoms with E-state index in [-0.39, 0.29) is 0 Å². The molecule has 2 aromatic rings. The summed E-state index contributed by atoms with van der Waals surface area (Å²) in [7, 11) is 9.40. The molecular formula is C18H23NO6. The molecular weight excluding hydrogens is 326 g/mol. The third-order valence-corrected chi connectivity index (χ3v) is 3.62. The second kappa shape index (κ2) is 8.23. The van der Waals surface area contributed by atoms with E-state index in [9.17, 15) is 0 Å². The average molecular weight is 349 g/mol. The molecule has 0 saturated carbocycles. The highest BCUT2D eigenvalue weighted by molar-refractivity contribution is 5.71. The van der Waals surface area contributed by atoms with Crippen LogP contribution in [0.5, 0.6) is 34.5 Å². The molecule has 0 aliphatic rings. The van der Waals surface area contributed by atoms with Crippen LogP contribution in [0.3, 0.4) is 0 Å². The maximum Gasteiger partial charge on any atom is 0.203 e. The third-order valence-electron chi connectivity index (χ3n) is 3.62. The number of methoxy groups -OCH3 is 6. The Hall–Kier alpha value is -2.96. The standard InChI is InChI=1S/C18H23NO6/c1-20-13-7-11(8-14(21-2)17(13)24-5)19-12-9-15(22-3)18(25-6)16(10-12)23-4/h7-10,19H,1-6H3. The second-order valence-corrected chi connectivity index (χ2v) is 4.95. The van der Waals surface area contributed by atoms with Crippen molar-refractivity contribution in [2.45, 2.75) is 0 Å². The van der Waals surface area contributed by atoms with E-state index in [1.807, 2.05) is 24.3 Å². The molecule has 2 aromatic carbocycles. The molecule has 0 aromatic heterocycles. The summed E-state index contributed by atoms with van der Waals surface area (Å²) in [5.74, 6) is 3.27. The van der Waals surface area contributed by atoms with Gasteiger partial charge in [0.15, 0.2) is 23.0 Å². The monoisotopic (exact) mass is 349 g/mol. The highest BCUT2D eigenvalue weighted by Gasteiger charge is 2.16. The van der Waals surface area contributed by atoms with Crippen LogP contribution in [0, 0.1) is 0 Å². The number of hydrogen-bond donors (Lipinski definition) is 1. The normalized spacial score (nSPS) is 10.0. The molecule has 0 aliphatic heterocycles. The molecule has 2 rings (SSSR count). The Morgan fingerprint density at radius 1 is 0.480 bits per heavy atom. The Morgan fingerprint density at radius 2 is 0.760 bits per heavy atom. The Balaban J connectivity index is 2.45. The quantitative estimate of drug-likeness (QED) is 0.782. The summed E-state index contributed by atoms with van der Waals surface area (Å²) in [4.78, 5) is 0. The molecule has 1 N–H and O–H groups in total. The van der Waals surface area contributed by atoms with Crippen LogP contribution in [0.15, 0.2) is 24.3 Å². The van der Waals surface area contributed by atoms with E-state index in [4.69, 9.17) is 28.4 Å². The first-order chi connectivity index (χ1) is 12.1. The minimum Gasteiger partial charge on any atom is -0.493 e. The Bertz CT molecular complexity index is 620. The molecule has 0 unspecified atom stereocenters. The second-order valence-electron chi connectivity index (χ2n) is 4.95. The molecule has 0 saturated heterocycles. The van der Waals surface area contributed by atoms with Gasteiger partial charge in [-0.25, -0.2) is 0 Å². The van der Waals surface area contributed by atoms with E-state index >= 15 is 0 Å². The molecule has 0 atom stereocenters. The van der Waals surface area contributed by atoms with Crippen molar-refractivity contribution in [3.05, 3.63) is 24.3 Å². The predicted molar refractivity (Wildman–Crippen MR) is 95.5 cm³/mol. The Labute approximate surface area is 147 Å². The molecule has 0 fully saturated rings. The van der Waals surface area contributed by atoms with Crippen LogP contribution in [0.4, 0.5) is 11.4 Å². The first-order valence-corrected chi connectivity index (χ1v) is 7.48. The lowest BCUT2D eigenvalue weighted by molar-refractivity contribution is 0.324. The number of nitrogens with one attached hydrogen (secondary N) is 1. The molecule has 7 heteroatoms. The highest BCUT2D eigenvalue weighted by Crippen LogP contribution is 2.43. The van der Waals surface area contributed by atoms with Gasteiger partial charge in [-0.15, -0.1) is 0 Å². The minimum atomic E-state index is 0.528. The molecule has 0 bridgehead atoms. The van der Waals surface area contributed by atoms with E-state index in [0.717, 1.165) is 11.4 Å². The summed E-state index contributed by atoms with van der Waals surface area (Å²) in [5, 5.41) is 3.27. The zero-order valence-electron chi connectivity index (χ0n) is 15.3. The SMILES string of the molecule is COc1cc(Nc2cc(OC)c(OC)c(OC)c2)cc(OC)c1OC. The van der Waals surface area contributed by atoms with E-state index < -0.39 is 0 Å². The molecule has 25 heavy (non-hydrogen) atoms. The fourth-order valence-corrected chi connectivity index (χ4v) is 2.47. The van der Waals surface area contributed by atoms with Gasteiger partial charge in [-0.2, -0.15) is 0 Å². The van der Waals surface area contributed by atoms with Crippen molar-refractivity contribution in [3.8, 4) is 34.5 Å². The van der Waals surface area contributed by atoms with Gasteiger partial charge in [0.05, 0.1) is 42.7 Å². The van der Waals surface area contributed by atoms with Crippen molar-refractivity contribution in [2.75, 3.05) is 48.0 Å². The lowest BCUT2D eigenvalue weighted by Gasteiger charge is -2.17. The molecule has 0 aliphatic carbocycles. The zero-order valence-corrected chi connectivity index (χ0v) is 15.3. The first-order valence-electron chi connectivity index (χ1n) is 7.48. The fourth-order valence-electron chi connectivity index (χ4n) is 2.47. The van der Waals surface area contributed by atoms with Crippen LogP contribution >= 0.6 is 0 Å². The van der Waals surface area contributed by atoms with Gasteiger partial charge in [0.2, 0.25) is 11.5 Å². The van der Waals surface area contributed by atoms with E-state index in [1.165, 1.54) is 0 Å². The summed E-state index contributed by atoms with van der Waals surface area (Å²) in [5.41, 5.74) is 1.51. The van der Waals surface area contributed by atoms with Crippen molar-refractivity contribution in [2.24, 2.45) is 0 Å². The Morgan fingerprint density at radius 3 is 0.960 bits per heavy atom. The first kappa shape index (κ1) is 18.4. The average Bonchev–Trinajstić information content (AvgIpc) is 2.65. The van der Waals surface area contributed by atoms with Crippen LogP contribution in [-0.2, 0) is 0 Å². The van der Waals surface area contributed by atoms with Crippen molar-refractivity contribution >= 4 is 11.4 Å². The topological polar surface area (TPSA) is 67.4 Å². The molecule has 0 amide bonds. The summed E-state index contributed by atoms with van der Waals surface area (Å²) >= 11 is 0. The van der Waals surface area contributed by atoms with Crippen LogP contribution < -0.4 is 33.7 Å². The van der Waals surface area contributed by atoms with Gasteiger partial charge in [-0.1, -0.05) is 0 Å². The van der Waals surface area contributed by atoms with Crippen LogP contribution in [0.25, 0.3) is 0 Å². The van der Waals surface area contributed by atoms with Gasteiger partial charge in [-0.05, 0) is 0 Å². The Kier molecular flexibility index (Phi) is 6.05. The number of rotatable bonds is 8. The summed E-state index contributed by atoms with van der Waals surface area (Å²) < 4.78 is 32.1. The molecule has 7 nitrogen and oxygen atoms in total. The highest BCUT2D eigenvalue weighted by atomic mass is 16.5. The predicted octanol–water partition coefficient (Wildman–Crippen LogP) is 3.48. The number of ether oxygens (including phenoxy) is 6.